The summed E-state index contributed by atoms with van der Waals surface area (Å²) >= 11 is 2.23. The Kier molecular flexibility index (Phi) is 6.68. The summed E-state index contributed by atoms with van der Waals surface area (Å²) in [5, 5.41) is 9.58. The van der Waals surface area contributed by atoms with E-state index in [1.807, 2.05) is 31.2 Å². The van der Waals surface area contributed by atoms with E-state index in [0.717, 1.165) is 9.13 Å². The Morgan fingerprint density at radius 1 is 1.43 bits per heavy atom. The molecule has 0 fully saturated rings. The van der Waals surface area contributed by atoms with Gasteiger partial charge in [0.05, 0.1) is 12.1 Å². The third-order valence-electron chi connectivity index (χ3n) is 2.10. The summed E-state index contributed by atoms with van der Waals surface area (Å²) in [6.45, 7) is 1.93. The Morgan fingerprint density at radius 2 is 2.00 bits per heavy atom. The molecule has 4 heteroatoms. The fourth-order valence-corrected chi connectivity index (χ4v) is 1.95. The van der Waals surface area contributed by atoms with Gasteiger partial charge in [0, 0.05) is 3.57 Å². The fraction of sp³-hybridized carbons (Fsp3) is 0.400. The first kappa shape index (κ1) is 14.2. The maximum absolute atomic E-state index is 9.58. The molecule has 0 heterocycles. The highest BCUT2D eigenvalue weighted by Gasteiger charge is 2.16. The first-order chi connectivity index (χ1) is 6.16. The van der Waals surface area contributed by atoms with E-state index in [9.17, 15) is 5.11 Å². The van der Waals surface area contributed by atoms with Crippen molar-refractivity contribution in [2.45, 2.75) is 25.5 Å². The highest BCUT2D eigenvalue weighted by Crippen LogP contribution is 2.21. The molecule has 0 saturated carbocycles. The third kappa shape index (κ3) is 3.38. The van der Waals surface area contributed by atoms with Crippen molar-refractivity contribution in [3.05, 3.63) is 33.4 Å². The van der Waals surface area contributed by atoms with Crippen molar-refractivity contribution >= 4 is 35.0 Å². The molecule has 0 radical (unpaired) electrons. The summed E-state index contributed by atoms with van der Waals surface area (Å²) in [5.41, 5.74) is 6.92. The van der Waals surface area contributed by atoms with Gasteiger partial charge in [0.2, 0.25) is 0 Å². The summed E-state index contributed by atoms with van der Waals surface area (Å²) < 4.78 is 1.11. The highest BCUT2D eigenvalue weighted by molar-refractivity contribution is 14.1. The molecule has 0 amide bonds. The molecule has 0 aromatic heterocycles. The molecule has 2 atom stereocenters. The molecule has 3 N–H and O–H groups in total. The molecule has 1 rings (SSSR count). The molecule has 2 nitrogen and oxygen atoms in total. The zero-order chi connectivity index (χ0) is 9.84. The normalized spacial score (nSPS) is 14.3. The summed E-state index contributed by atoms with van der Waals surface area (Å²) in [5.74, 6) is 0. The smallest absolute Gasteiger partial charge is 0.0730 e. The van der Waals surface area contributed by atoms with Crippen LogP contribution in [0, 0.1) is 3.57 Å². The third-order valence-corrected chi connectivity index (χ3v) is 3.08. The standard InChI is InChI=1S/C10H14INO.ClH/c1-2-9(13)10(12)7-5-3-4-6-8(7)11;/h3-6,9-10,13H,2,12H2,1H3;1H/t9-,10+;/m1./s1. The Labute approximate surface area is 104 Å². The summed E-state index contributed by atoms with van der Waals surface area (Å²) in [6.07, 6.45) is 0.238. The Hall–Kier alpha value is 0.160. The van der Waals surface area contributed by atoms with Crippen LogP contribution < -0.4 is 5.73 Å². The van der Waals surface area contributed by atoms with Crippen LogP contribution >= 0.6 is 35.0 Å². The second-order valence-corrected chi connectivity index (χ2v) is 4.19. The minimum atomic E-state index is -0.448. The van der Waals surface area contributed by atoms with Gasteiger partial charge >= 0.3 is 0 Å². The fourth-order valence-electron chi connectivity index (χ4n) is 1.21. The van der Waals surface area contributed by atoms with Crippen LogP contribution in [0.2, 0.25) is 0 Å². The monoisotopic (exact) mass is 327 g/mol. The maximum Gasteiger partial charge on any atom is 0.0730 e. The molecular weight excluding hydrogens is 312 g/mol. The van der Waals surface area contributed by atoms with Crippen molar-refractivity contribution in [1.29, 1.82) is 0 Å². The lowest BCUT2D eigenvalue weighted by molar-refractivity contribution is 0.140. The molecule has 0 bridgehead atoms. The summed E-state index contributed by atoms with van der Waals surface area (Å²) in [6, 6.07) is 7.61. The second-order valence-electron chi connectivity index (χ2n) is 3.02. The van der Waals surface area contributed by atoms with Gasteiger partial charge in [0.15, 0.2) is 0 Å². The molecule has 1 aromatic rings. The molecule has 80 valence electrons. The summed E-state index contributed by atoms with van der Waals surface area (Å²) in [7, 11) is 0. The average molecular weight is 328 g/mol. The van der Waals surface area contributed by atoms with E-state index in [-0.39, 0.29) is 18.4 Å². The molecular formula is C10H15ClINO. The van der Waals surface area contributed by atoms with Gasteiger partial charge in [-0.05, 0) is 40.6 Å². The molecule has 0 aliphatic heterocycles. The largest absolute Gasteiger partial charge is 0.391 e. The van der Waals surface area contributed by atoms with E-state index in [4.69, 9.17) is 5.73 Å². The predicted octanol–water partition coefficient (Wildman–Crippen LogP) is 2.48. The molecule has 0 aliphatic rings. The van der Waals surface area contributed by atoms with Gasteiger partial charge in [-0.25, -0.2) is 0 Å². The lowest BCUT2D eigenvalue weighted by Crippen LogP contribution is -2.26. The Bertz CT molecular complexity index is 283. The quantitative estimate of drug-likeness (QED) is 0.838. The molecule has 0 saturated heterocycles. The Balaban J connectivity index is 0.00000169. The van der Waals surface area contributed by atoms with Crippen molar-refractivity contribution < 1.29 is 5.11 Å². The topological polar surface area (TPSA) is 46.2 Å². The zero-order valence-corrected chi connectivity index (χ0v) is 11.0. The average Bonchev–Trinajstić information content (AvgIpc) is 2.16. The molecule has 1 aromatic carbocycles. The highest BCUT2D eigenvalue weighted by atomic mass is 127. The van der Waals surface area contributed by atoms with Crippen LogP contribution in [-0.2, 0) is 0 Å². The number of rotatable bonds is 3. The predicted molar refractivity (Wildman–Crippen MR) is 69.6 cm³/mol. The number of hydrogen-bond donors (Lipinski definition) is 2. The van der Waals surface area contributed by atoms with Crippen LogP contribution in [-0.4, -0.2) is 11.2 Å². The van der Waals surface area contributed by atoms with Crippen LogP contribution in [0.15, 0.2) is 24.3 Å². The van der Waals surface area contributed by atoms with Crippen LogP contribution in [0.25, 0.3) is 0 Å². The van der Waals surface area contributed by atoms with Crippen LogP contribution in [0.1, 0.15) is 24.9 Å². The minimum absolute atomic E-state index is 0. The van der Waals surface area contributed by atoms with Gasteiger partial charge in [-0.1, -0.05) is 25.1 Å². The lowest BCUT2D eigenvalue weighted by Gasteiger charge is -2.18. The summed E-state index contributed by atoms with van der Waals surface area (Å²) in [4.78, 5) is 0. The van der Waals surface area contributed by atoms with Crippen LogP contribution in [0.5, 0.6) is 0 Å². The maximum atomic E-state index is 9.58. The first-order valence-corrected chi connectivity index (χ1v) is 5.42. The van der Waals surface area contributed by atoms with E-state index in [2.05, 4.69) is 22.6 Å². The lowest BCUT2D eigenvalue weighted by atomic mass is 10.0. The number of hydrogen-bond acceptors (Lipinski definition) is 2. The van der Waals surface area contributed by atoms with E-state index in [1.54, 1.807) is 0 Å². The van der Waals surface area contributed by atoms with E-state index >= 15 is 0 Å². The van der Waals surface area contributed by atoms with E-state index < -0.39 is 6.10 Å². The van der Waals surface area contributed by atoms with Crippen molar-refractivity contribution in [3.8, 4) is 0 Å². The molecule has 0 spiro atoms. The van der Waals surface area contributed by atoms with Gasteiger partial charge in [0.1, 0.15) is 0 Å². The van der Waals surface area contributed by atoms with Gasteiger partial charge in [0.25, 0.3) is 0 Å². The molecule has 0 aliphatic carbocycles. The number of aliphatic hydroxyl groups is 1. The number of nitrogens with two attached hydrogens (primary N) is 1. The van der Waals surface area contributed by atoms with Gasteiger partial charge in [-0.2, -0.15) is 0 Å². The first-order valence-electron chi connectivity index (χ1n) is 4.35. The molecule has 0 unspecified atom stereocenters. The van der Waals surface area contributed by atoms with Crippen molar-refractivity contribution in [1.82, 2.24) is 0 Å². The van der Waals surface area contributed by atoms with Crippen molar-refractivity contribution in [2.75, 3.05) is 0 Å². The number of halogens is 2. The minimum Gasteiger partial charge on any atom is -0.391 e. The van der Waals surface area contributed by atoms with Crippen molar-refractivity contribution in [2.24, 2.45) is 5.73 Å². The van der Waals surface area contributed by atoms with E-state index in [0.29, 0.717) is 6.42 Å². The number of aliphatic hydroxyl groups excluding tert-OH is 1. The van der Waals surface area contributed by atoms with Gasteiger partial charge < -0.3 is 10.8 Å². The van der Waals surface area contributed by atoms with E-state index in [1.165, 1.54) is 0 Å². The van der Waals surface area contributed by atoms with Crippen LogP contribution in [0.4, 0.5) is 0 Å². The van der Waals surface area contributed by atoms with Crippen LogP contribution in [0.3, 0.4) is 0 Å². The zero-order valence-electron chi connectivity index (χ0n) is 7.98. The van der Waals surface area contributed by atoms with Gasteiger partial charge in [-0.3, -0.25) is 0 Å². The SMILES string of the molecule is CC[C@@H](O)[C@@H](N)c1ccccc1I.Cl. The number of benzene rings is 1. The molecule has 14 heavy (non-hydrogen) atoms. The van der Waals surface area contributed by atoms with Gasteiger partial charge in [-0.15, -0.1) is 12.4 Å². The Morgan fingerprint density at radius 3 is 2.50 bits per heavy atom. The van der Waals surface area contributed by atoms with Crippen molar-refractivity contribution in [3.63, 3.8) is 0 Å². The second kappa shape index (κ2) is 6.61.